The van der Waals surface area contributed by atoms with Gasteiger partial charge in [0, 0.05) is 19.2 Å². The summed E-state index contributed by atoms with van der Waals surface area (Å²) in [5.41, 5.74) is 0.347. The lowest BCUT2D eigenvalue weighted by Crippen LogP contribution is -2.46. The van der Waals surface area contributed by atoms with E-state index in [4.69, 9.17) is 4.74 Å². The second-order valence-corrected chi connectivity index (χ2v) is 5.98. The Morgan fingerprint density at radius 3 is 2.47 bits per heavy atom. The maximum atomic E-state index is 5.45. The second-order valence-electron chi connectivity index (χ2n) is 5.98. The van der Waals surface area contributed by atoms with Crippen molar-refractivity contribution >= 4 is 0 Å². The zero-order chi connectivity index (χ0) is 11.5. The molecule has 0 radical (unpaired) electrons. The van der Waals surface area contributed by atoms with E-state index in [1.807, 2.05) is 7.11 Å². The Morgan fingerprint density at radius 2 is 1.93 bits per heavy atom. The Bertz CT molecular complexity index is 185. The van der Waals surface area contributed by atoms with Crippen LogP contribution in [-0.2, 0) is 4.74 Å². The molecule has 1 fully saturated rings. The fourth-order valence-corrected chi connectivity index (χ4v) is 2.11. The van der Waals surface area contributed by atoms with Crippen molar-refractivity contribution in [3.05, 3.63) is 0 Å². The van der Waals surface area contributed by atoms with E-state index in [1.165, 1.54) is 25.7 Å². The van der Waals surface area contributed by atoms with E-state index in [-0.39, 0.29) is 0 Å². The van der Waals surface area contributed by atoms with Crippen molar-refractivity contribution in [3.8, 4) is 0 Å². The van der Waals surface area contributed by atoms with Gasteiger partial charge in [-0.3, -0.25) is 0 Å². The number of hydrogen-bond acceptors (Lipinski definition) is 2. The predicted molar refractivity (Wildman–Crippen MR) is 65.1 cm³/mol. The molecule has 0 amide bonds. The number of methoxy groups -OCH3 is 1. The minimum absolute atomic E-state index is 0.347. The molecule has 1 saturated carbocycles. The molecule has 0 saturated heterocycles. The zero-order valence-corrected chi connectivity index (χ0v) is 11.0. The van der Waals surface area contributed by atoms with Crippen LogP contribution in [0.25, 0.3) is 0 Å². The molecule has 3 unspecified atom stereocenters. The molecular formula is C13H27NO. The number of ether oxygens (including phenoxy) is 1. The summed E-state index contributed by atoms with van der Waals surface area (Å²) >= 11 is 0. The number of rotatable bonds is 3. The minimum Gasteiger partial charge on any atom is -0.381 e. The van der Waals surface area contributed by atoms with Gasteiger partial charge < -0.3 is 10.1 Å². The van der Waals surface area contributed by atoms with Crippen LogP contribution in [0.3, 0.4) is 0 Å². The summed E-state index contributed by atoms with van der Waals surface area (Å²) in [6, 6.07) is 1.22. The quantitative estimate of drug-likeness (QED) is 0.778. The Balaban J connectivity index is 2.38. The molecule has 2 heteroatoms. The van der Waals surface area contributed by atoms with Gasteiger partial charge in [0.1, 0.15) is 0 Å². The van der Waals surface area contributed by atoms with Gasteiger partial charge in [0.05, 0.1) is 6.10 Å². The third-order valence-electron chi connectivity index (χ3n) is 3.74. The van der Waals surface area contributed by atoms with E-state index in [1.54, 1.807) is 0 Å². The van der Waals surface area contributed by atoms with Crippen molar-refractivity contribution < 1.29 is 4.74 Å². The molecule has 90 valence electrons. The molecule has 1 rings (SSSR count). The molecule has 0 spiro atoms. The van der Waals surface area contributed by atoms with Gasteiger partial charge in [-0.05, 0) is 38.0 Å². The summed E-state index contributed by atoms with van der Waals surface area (Å²) in [7, 11) is 1.83. The molecule has 1 N–H and O–H groups in total. The maximum absolute atomic E-state index is 5.45. The highest BCUT2D eigenvalue weighted by Gasteiger charge is 2.26. The summed E-state index contributed by atoms with van der Waals surface area (Å²) < 4.78 is 5.45. The van der Waals surface area contributed by atoms with Gasteiger partial charge >= 0.3 is 0 Å². The summed E-state index contributed by atoms with van der Waals surface area (Å²) in [6.07, 6.45) is 5.49. The highest BCUT2D eigenvalue weighted by atomic mass is 16.5. The van der Waals surface area contributed by atoms with Crippen molar-refractivity contribution in [1.82, 2.24) is 5.32 Å². The molecule has 0 aromatic carbocycles. The molecule has 1 aliphatic rings. The van der Waals surface area contributed by atoms with E-state index in [0.29, 0.717) is 23.6 Å². The molecular weight excluding hydrogens is 186 g/mol. The van der Waals surface area contributed by atoms with E-state index in [9.17, 15) is 0 Å². The monoisotopic (exact) mass is 213 g/mol. The summed E-state index contributed by atoms with van der Waals surface area (Å²) in [5, 5.41) is 3.74. The number of nitrogens with one attached hydrogen (secondary N) is 1. The van der Waals surface area contributed by atoms with Gasteiger partial charge in [-0.25, -0.2) is 0 Å². The fourth-order valence-electron chi connectivity index (χ4n) is 2.11. The minimum atomic E-state index is 0.347. The van der Waals surface area contributed by atoms with Crippen molar-refractivity contribution in [2.75, 3.05) is 7.11 Å². The first-order valence-electron chi connectivity index (χ1n) is 6.22. The lowest BCUT2D eigenvalue weighted by Gasteiger charge is -2.36. The standard InChI is InChI=1S/C13H27NO/c1-10(13(2,3)4)14-11-7-6-8-12(9-11)15-5/h10-12,14H,6-9H2,1-5H3. The normalized spacial score (nSPS) is 30.2. The van der Waals surface area contributed by atoms with Crippen LogP contribution in [0.5, 0.6) is 0 Å². The van der Waals surface area contributed by atoms with Crippen LogP contribution in [0.2, 0.25) is 0 Å². The van der Waals surface area contributed by atoms with Crippen LogP contribution in [0.4, 0.5) is 0 Å². The molecule has 1 aliphatic carbocycles. The molecule has 0 heterocycles. The van der Waals surface area contributed by atoms with Crippen LogP contribution >= 0.6 is 0 Å². The first-order valence-corrected chi connectivity index (χ1v) is 6.22. The fraction of sp³-hybridized carbons (Fsp3) is 1.00. The third-order valence-corrected chi connectivity index (χ3v) is 3.74. The molecule has 0 aromatic heterocycles. The Hall–Kier alpha value is -0.0800. The van der Waals surface area contributed by atoms with Gasteiger partial charge in [0.25, 0.3) is 0 Å². The summed E-state index contributed by atoms with van der Waals surface area (Å²) in [5.74, 6) is 0. The maximum Gasteiger partial charge on any atom is 0.0586 e. The van der Waals surface area contributed by atoms with Gasteiger partial charge in [-0.15, -0.1) is 0 Å². The summed E-state index contributed by atoms with van der Waals surface area (Å²) in [4.78, 5) is 0. The van der Waals surface area contributed by atoms with Crippen molar-refractivity contribution in [1.29, 1.82) is 0 Å². The highest BCUT2D eigenvalue weighted by Crippen LogP contribution is 2.24. The highest BCUT2D eigenvalue weighted by molar-refractivity contribution is 4.84. The van der Waals surface area contributed by atoms with E-state index in [0.717, 1.165) is 0 Å². The Labute approximate surface area is 94.8 Å². The van der Waals surface area contributed by atoms with Crippen LogP contribution < -0.4 is 5.32 Å². The topological polar surface area (TPSA) is 21.3 Å². The summed E-state index contributed by atoms with van der Waals surface area (Å²) in [6.45, 7) is 9.17. The van der Waals surface area contributed by atoms with E-state index in [2.05, 4.69) is 33.0 Å². The molecule has 2 nitrogen and oxygen atoms in total. The molecule has 0 bridgehead atoms. The van der Waals surface area contributed by atoms with Crippen LogP contribution in [-0.4, -0.2) is 25.3 Å². The predicted octanol–water partition coefficient (Wildman–Crippen LogP) is 2.97. The van der Waals surface area contributed by atoms with Crippen LogP contribution in [0.15, 0.2) is 0 Å². The van der Waals surface area contributed by atoms with Crippen LogP contribution in [0.1, 0.15) is 53.4 Å². The average molecular weight is 213 g/mol. The zero-order valence-electron chi connectivity index (χ0n) is 11.0. The Kier molecular flexibility index (Phi) is 4.60. The molecule has 0 aromatic rings. The lowest BCUT2D eigenvalue weighted by atomic mass is 9.85. The van der Waals surface area contributed by atoms with Gasteiger partial charge in [0.2, 0.25) is 0 Å². The molecule has 3 atom stereocenters. The second kappa shape index (κ2) is 5.31. The van der Waals surface area contributed by atoms with Gasteiger partial charge in [-0.1, -0.05) is 20.8 Å². The first kappa shape index (κ1) is 13.0. The largest absolute Gasteiger partial charge is 0.381 e. The smallest absolute Gasteiger partial charge is 0.0586 e. The number of hydrogen-bond donors (Lipinski definition) is 1. The lowest BCUT2D eigenvalue weighted by molar-refractivity contribution is 0.0540. The molecule has 15 heavy (non-hydrogen) atoms. The average Bonchev–Trinajstić information content (AvgIpc) is 2.16. The third kappa shape index (κ3) is 4.12. The molecule has 0 aliphatic heterocycles. The van der Waals surface area contributed by atoms with Crippen molar-refractivity contribution in [2.45, 2.75) is 71.6 Å². The van der Waals surface area contributed by atoms with Crippen LogP contribution in [0, 0.1) is 5.41 Å². The van der Waals surface area contributed by atoms with Gasteiger partial charge in [-0.2, -0.15) is 0 Å². The van der Waals surface area contributed by atoms with Crippen molar-refractivity contribution in [3.63, 3.8) is 0 Å². The van der Waals surface area contributed by atoms with E-state index >= 15 is 0 Å². The Morgan fingerprint density at radius 1 is 1.27 bits per heavy atom. The first-order chi connectivity index (χ1) is 6.93. The van der Waals surface area contributed by atoms with Gasteiger partial charge in [0.15, 0.2) is 0 Å². The van der Waals surface area contributed by atoms with Crippen molar-refractivity contribution in [2.24, 2.45) is 5.41 Å². The SMILES string of the molecule is COC1CCCC(NC(C)C(C)(C)C)C1. The van der Waals surface area contributed by atoms with E-state index < -0.39 is 0 Å².